The quantitative estimate of drug-likeness (QED) is 0.378. The topological polar surface area (TPSA) is 128 Å². The fourth-order valence-corrected chi connectivity index (χ4v) is 4.78. The lowest BCUT2D eigenvalue weighted by atomic mass is 10.0. The number of rotatable bonds is 8. The summed E-state index contributed by atoms with van der Waals surface area (Å²) >= 11 is 0. The van der Waals surface area contributed by atoms with Crippen LogP contribution in [0.2, 0.25) is 0 Å². The minimum atomic E-state index is -3.95. The third-order valence-corrected chi connectivity index (χ3v) is 6.52. The minimum Gasteiger partial charge on any atom is -0.497 e. The van der Waals surface area contributed by atoms with Crippen LogP contribution < -0.4 is 14.8 Å². The molecule has 0 radical (unpaired) electrons. The Kier molecular flexibility index (Phi) is 6.75. The average Bonchev–Trinajstić information content (AvgIpc) is 3.15. The molecule has 3 rings (SSSR count). The summed E-state index contributed by atoms with van der Waals surface area (Å²) in [5.41, 5.74) is -0.177. The molecular formula is C22H27N5O5S. The van der Waals surface area contributed by atoms with Crippen molar-refractivity contribution in [3.05, 3.63) is 76.4 Å². The molecule has 0 spiro atoms. The van der Waals surface area contributed by atoms with Gasteiger partial charge < -0.3 is 14.6 Å². The van der Waals surface area contributed by atoms with Crippen molar-refractivity contribution in [1.29, 1.82) is 0 Å². The van der Waals surface area contributed by atoms with E-state index in [1.54, 1.807) is 50.9 Å². The number of anilines is 1. The number of nitro benzene ring substituents is 1. The first kappa shape index (κ1) is 24.2. The lowest BCUT2D eigenvalue weighted by Gasteiger charge is -2.22. The van der Waals surface area contributed by atoms with E-state index in [-0.39, 0.29) is 16.3 Å². The van der Waals surface area contributed by atoms with Gasteiger partial charge in [0.05, 0.1) is 16.9 Å². The maximum Gasteiger partial charge on any atom is 0.293 e. The molecule has 10 nitrogen and oxygen atoms in total. The zero-order chi connectivity index (χ0) is 24.4. The number of hydrogen-bond donors (Lipinski definition) is 2. The molecule has 1 heterocycles. The minimum absolute atomic E-state index is 0.158. The molecule has 0 saturated heterocycles. The first-order valence-corrected chi connectivity index (χ1v) is 11.6. The standard InChI is InChI=1S/C22H27N5O5S/c1-22(2,3)25-33(30,31)17-9-10-18(19(14-17)27(28)29)24-20(21-23-11-12-26(21)4)15-7-6-8-16(13-15)32-5/h6-14,20,24-25H,1-5H3. The Hall–Kier alpha value is -3.44. The lowest BCUT2D eigenvalue weighted by molar-refractivity contribution is -0.384. The first-order valence-electron chi connectivity index (χ1n) is 10.1. The summed E-state index contributed by atoms with van der Waals surface area (Å²) in [6.07, 6.45) is 3.40. The predicted octanol–water partition coefficient (Wildman–Crippen LogP) is 3.62. The van der Waals surface area contributed by atoms with E-state index in [9.17, 15) is 18.5 Å². The highest BCUT2D eigenvalue weighted by Gasteiger charge is 2.27. The van der Waals surface area contributed by atoms with Crippen LogP contribution in [0.5, 0.6) is 5.75 Å². The number of aryl methyl sites for hydroxylation is 1. The highest BCUT2D eigenvalue weighted by atomic mass is 32.2. The number of nitro groups is 1. The van der Waals surface area contributed by atoms with Crippen molar-refractivity contribution in [2.75, 3.05) is 12.4 Å². The van der Waals surface area contributed by atoms with Crippen LogP contribution in [-0.2, 0) is 17.1 Å². The third kappa shape index (κ3) is 5.68. The van der Waals surface area contributed by atoms with Crippen molar-refractivity contribution in [1.82, 2.24) is 14.3 Å². The second-order valence-electron chi connectivity index (χ2n) is 8.54. The van der Waals surface area contributed by atoms with Gasteiger partial charge in [0.25, 0.3) is 5.69 Å². The Balaban J connectivity index is 2.08. The number of methoxy groups -OCH3 is 1. The molecule has 2 aromatic carbocycles. The molecule has 0 amide bonds. The van der Waals surface area contributed by atoms with Crippen molar-refractivity contribution in [2.24, 2.45) is 7.05 Å². The van der Waals surface area contributed by atoms with Gasteiger partial charge in [0, 0.05) is 31.0 Å². The Morgan fingerprint density at radius 1 is 1.18 bits per heavy atom. The first-order chi connectivity index (χ1) is 15.4. The summed E-state index contributed by atoms with van der Waals surface area (Å²) in [6.45, 7) is 5.08. The van der Waals surface area contributed by atoms with Crippen LogP contribution in [0.3, 0.4) is 0 Å². The SMILES string of the molecule is COc1cccc(C(Nc2ccc(S(=O)(=O)NC(C)(C)C)cc2[N+](=O)[O-])c2nccn2C)c1. The van der Waals surface area contributed by atoms with Crippen molar-refractivity contribution in [2.45, 2.75) is 37.2 Å². The van der Waals surface area contributed by atoms with Crippen LogP contribution in [-0.4, -0.2) is 35.5 Å². The molecule has 0 aliphatic carbocycles. The summed E-state index contributed by atoms with van der Waals surface area (Å²) < 4.78 is 35.0. The number of nitrogens with zero attached hydrogens (tertiary/aromatic N) is 3. The Morgan fingerprint density at radius 2 is 1.91 bits per heavy atom. The zero-order valence-corrected chi connectivity index (χ0v) is 19.9. The molecule has 1 atom stereocenters. The van der Waals surface area contributed by atoms with Gasteiger partial charge in [-0.3, -0.25) is 10.1 Å². The van der Waals surface area contributed by atoms with Crippen LogP contribution in [0, 0.1) is 10.1 Å². The van der Waals surface area contributed by atoms with E-state index in [1.165, 1.54) is 12.1 Å². The van der Waals surface area contributed by atoms with E-state index < -0.39 is 26.5 Å². The fraction of sp³-hybridized carbons (Fsp3) is 0.318. The van der Waals surface area contributed by atoms with Crippen molar-refractivity contribution in [3.63, 3.8) is 0 Å². The number of imidazole rings is 1. The molecule has 1 aromatic heterocycles. The van der Waals surface area contributed by atoms with Crippen LogP contribution in [0.25, 0.3) is 0 Å². The molecular weight excluding hydrogens is 446 g/mol. The molecule has 0 bridgehead atoms. The molecule has 1 unspecified atom stereocenters. The maximum atomic E-state index is 12.7. The van der Waals surface area contributed by atoms with E-state index in [2.05, 4.69) is 15.0 Å². The normalized spacial score (nSPS) is 12.9. The van der Waals surface area contributed by atoms with Gasteiger partial charge in [-0.15, -0.1) is 0 Å². The van der Waals surface area contributed by atoms with E-state index >= 15 is 0 Å². The molecule has 3 aromatic rings. The lowest BCUT2D eigenvalue weighted by Crippen LogP contribution is -2.40. The van der Waals surface area contributed by atoms with Gasteiger partial charge in [-0.05, 0) is 50.6 Å². The summed E-state index contributed by atoms with van der Waals surface area (Å²) in [5.74, 6) is 1.24. The monoisotopic (exact) mass is 473 g/mol. The Labute approximate surface area is 192 Å². The molecule has 176 valence electrons. The third-order valence-electron chi connectivity index (χ3n) is 4.76. The van der Waals surface area contributed by atoms with E-state index in [0.29, 0.717) is 11.6 Å². The van der Waals surface area contributed by atoms with Gasteiger partial charge in [0.2, 0.25) is 10.0 Å². The summed E-state index contributed by atoms with van der Waals surface area (Å²) in [6, 6.07) is 10.5. The van der Waals surface area contributed by atoms with Crippen molar-refractivity contribution < 1.29 is 18.1 Å². The summed E-state index contributed by atoms with van der Waals surface area (Å²) in [5, 5.41) is 15.0. The summed E-state index contributed by atoms with van der Waals surface area (Å²) in [7, 11) is -0.573. The number of ether oxygens (including phenoxy) is 1. The largest absolute Gasteiger partial charge is 0.497 e. The molecule has 2 N–H and O–H groups in total. The van der Waals surface area contributed by atoms with Crippen LogP contribution in [0.4, 0.5) is 11.4 Å². The van der Waals surface area contributed by atoms with E-state index in [0.717, 1.165) is 11.6 Å². The number of benzene rings is 2. The number of aromatic nitrogens is 2. The van der Waals surface area contributed by atoms with Gasteiger partial charge in [-0.2, -0.15) is 0 Å². The molecule has 0 saturated carbocycles. The van der Waals surface area contributed by atoms with Crippen molar-refractivity contribution >= 4 is 21.4 Å². The van der Waals surface area contributed by atoms with Gasteiger partial charge >= 0.3 is 0 Å². The second kappa shape index (κ2) is 9.20. The molecule has 0 aliphatic heterocycles. The molecule has 33 heavy (non-hydrogen) atoms. The average molecular weight is 474 g/mol. The molecule has 0 aliphatic rings. The Bertz CT molecular complexity index is 1260. The van der Waals surface area contributed by atoms with E-state index in [1.807, 2.05) is 25.2 Å². The van der Waals surface area contributed by atoms with Crippen molar-refractivity contribution in [3.8, 4) is 5.75 Å². The Morgan fingerprint density at radius 3 is 2.48 bits per heavy atom. The number of hydrogen-bond acceptors (Lipinski definition) is 7. The van der Waals surface area contributed by atoms with Gasteiger partial charge in [-0.1, -0.05) is 12.1 Å². The predicted molar refractivity (Wildman–Crippen MR) is 125 cm³/mol. The van der Waals surface area contributed by atoms with Crippen LogP contribution >= 0.6 is 0 Å². The maximum absolute atomic E-state index is 12.7. The highest BCUT2D eigenvalue weighted by Crippen LogP contribution is 2.34. The summed E-state index contributed by atoms with van der Waals surface area (Å²) in [4.78, 5) is 15.5. The van der Waals surface area contributed by atoms with Gasteiger partial charge in [0.15, 0.2) is 0 Å². The molecule has 11 heteroatoms. The smallest absolute Gasteiger partial charge is 0.293 e. The second-order valence-corrected chi connectivity index (χ2v) is 10.2. The molecule has 0 fully saturated rings. The fourth-order valence-electron chi connectivity index (χ4n) is 3.34. The van der Waals surface area contributed by atoms with Gasteiger partial charge in [-0.25, -0.2) is 18.1 Å². The van der Waals surface area contributed by atoms with Gasteiger partial charge in [0.1, 0.15) is 23.3 Å². The highest BCUT2D eigenvalue weighted by molar-refractivity contribution is 7.89. The zero-order valence-electron chi connectivity index (χ0n) is 19.1. The number of sulfonamides is 1. The van der Waals surface area contributed by atoms with Crippen LogP contribution in [0.1, 0.15) is 38.2 Å². The van der Waals surface area contributed by atoms with Crippen LogP contribution in [0.15, 0.2) is 59.8 Å². The number of nitrogens with one attached hydrogen (secondary N) is 2. The van der Waals surface area contributed by atoms with E-state index in [4.69, 9.17) is 4.74 Å².